The smallest absolute Gasteiger partial charge is 0.328 e. The van der Waals surface area contributed by atoms with Crippen molar-refractivity contribution in [3.05, 3.63) is 116 Å². The number of nitrogens with one attached hydrogen (secondary N) is 2. The Bertz CT molecular complexity index is 1780. The highest BCUT2D eigenvalue weighted by Crippen LogP contribution is 2.32. The number of fused-ring (bicyclic) bond motifs is 3. The summed E-state index contributed by atoms with van der Waals surface area (Å²) in [6.07, 6.45) is 0.519. The van der Waals surface area contributed by atoms with Crippen LogP contribution in [0.3, 0.4) is 0 Å². The van der Waals surface area contributed by atoms with E-state index in [0.29, 0.717) is 29.0 Å². The maximum absolute atomic E-state index is 13.3. The lowest BCUT2D eigenvalue weighted by Crippen LogP contribution is -2.35. The fourth-order valence-electron chi connectivity index (χ4n) is 4.67. The maximum Gasteiger partial charge on any atom is 0.328 e. The number of aromatic nitrogens is 2. The van der Waals surface area contributed by atoms with Gasteiger partial charge in [-0.2, -0.15) is 0 Å². The van der Waals surface area contributed by atoms with Crippen molar-refractivity contribution in [2.75, 3.05) is 6.79 Å². The lowest BCUT2D eigenvalue weighted by molar-refractivity contribution is 0.0951. The predicted molar refractivity (Wildman–Crippen MR) is 140 cm³/mol. The minimum absolute atomic E-state index is 0.184. The van der Waals surface area contributed by atoms with Gasteiger partial charge in [0, 0.05) is 18.7 Å². The number of hydrogen-bond donors (Lipinski definition) is 2. The number of carbonyl (C=O) groups excluding carboxylic acids is 1. The summed E-state index contributed by atoms with van der Waals surface area (Å²) >= 11 is 0. The Kier molecular flexibility index (Phi) is 5.69. The van der Waals surface area contributed by atoms with Crippen molar-refractivity contribution in [1.82, 2.24) is 14.9 Å². The molecule has 0 saturated carbocycles. The number of hydrogen-bond acceptors (Lipinski definition) is 5. The average Bonchev–Trinajstić information content (AvgIpc) is 3.39. The second kappa shape index (κ2) is 9.31. The maximum atomic E-state index is 13.3. The summed E-state index contributed by atoms with van der Waals surface area (Å²) in [7, 11) is 0. The van der Waals surface area contributed by atoms with E-state index in [1.807, 2.05) is 54.6 Å². The Balaban J connectivity index is 1.24. The van der Waals surface area contributed by atoms with Gasteiger partial charge in [-0.1, -0.05) is 48.5 Å². The van der Waals surface area contributed by atoms with Gasteiger partial charge in [-0.3, -0.25) is 14.2 Å². The van der Waals surface area contributed by atoms with E-state index in [-0.39, 0.29) is 31.2 Å². The van der Waals surface area contributed by atoms with Crippen molar-refractivity contribution in [3.8, 4) is 11.5 Å². The van der Waals surface area contributed by atoms with E-state index in [0.717, 1.165) is 21.9 Å². The van der Waals surface area contributed by atoms with E-state index in [9.17, 15) is 14.4 Å². The van der Waals surface area contributed by atoms with Crippen LogP contribution in [-0.4, -0.2) is 22.3 Å². The summed E-state index contributed by atoms with van der Waals surface area (Å²) in [6, 6.07) is 24.2. The molecule has 0 radical (unpaired) electrons. The minimum Gasteiger partial charge on any atom is -0.454 e. The molecule has 2 N–H and O–H groups in total. The number of benzene rings is 4. The van der Waals surface area contributed by atoms with Crippen molar-refractivity contribution in [3.63, 3.8) is 0 Å². The van der Waals surface area contributed by atoms with Crippen LogP contribution in [0.25, 0.3) is 21.7 Å². The van der Waals surface area contributed by atoms with Gasteiger partial charge in [-0.05, 0) is 58.7 Å². The number of carbonyl (C=O) groups is 1. The third-order valence-electron chi connectivity index (χ3n) is 6.62. The van der Waals surface area contributed by atoms with Crippen molar-refractivity contribution in [2.45, 2.75) is 19.5 Å². The lowest BCUT2D eigenvalue weighted by Gasteiger charge is -2.10. The molecule has 1 aliphatic heterocycles. The first kappa shape index (κ1) is 22.6. The summed E-state index contributed by atoms with van der Waals surface area (Å²) in [6.45, 7) is 0.691. The van der Waals surface area contributed by atoms with Gasteiger partial charge >= 0.3 is 5.69 Å². The van der Waals surface area contributed by atoms with Crippen LogP contribution in [0.5, 0.6) is 11.5 Å². The zero-order chi connectivity index (χ0) is 25.4. The highest BCUT2D eigenvalue weighted by molar-refractivity contribution is 5.97. The molecule has 0 atom stereocenters. The topological polar surface area (TPSA) is 102 Å². The molecular formula is C29H23N3O5. The standard InChI is InChI=1S/C29H23N3O5/c33-27(30-16-18-8-11-25-26(14-18)37-17-36-25)21-9-10-24-23(15-21)28(34)32(29(35)31-24)13-12-20-6-3-5-19-4-1-2-7-22(19)20/h1-11,14-15H,12-13,16-17H2,(H,30,33)(H,31,35). The van der Waals surface area contributed by atoms with Crippen LogP contribution < -0.4 is 26.0 Å². The Morgan fingerprint density at radius 1 is 0.892 bits per heavy atom. The van der Waals surface area contributed by atoms with E-state index in [4.69, 9.17) is 9.47 Å². The van der Waals surface area contributed by atoms with E-state index in [1.165, 1.54) is 10.6 Å². The molecule has 0 bridgehead atoms. The van der Waals surface area contributed by atoms with Gasteiger partial charge in [-0.15, -0.1) is 0 Å². The molecule has 8 heteroatoms. The molecule has 1 aromatic heterocycles. The Morgan fingerprint density at radius 2 is 1.73 bits per heavy atom. The largest absolute Gasteiger partial charge is 0.454 e. The van der Waals surface area contributed by atoms with Crippen LogP contribution >= 0.6 is 0 Å². The number of ether oxygens (including phenoxy) is 2. The van der Waals surface area contributed by atoms with Crippen LogP contribution in [0.15, 0.2) is 88.5 Å². The van der Waals surface area contributed by atoms with E-state index in [2.05, 4.69) is 10.3 Å². The van der Waals surface area contributed by atoms with Crippen LogP contribution in [0.1, 0.15) is 21.5 Å². The second-order valence-corrected chi connectivity index (χ2v) is 8.91. The normalized spacial score (nSPS) is 12.2. The molecule has 8 nitrogen and oxygen atoms in total. The summed E-state index contributed by atoms with van der Waals surface area (Å²) < 4.78 is 11.9. The number of aryl methyl sites for hydroxylation is 1. The van der Waals surface area contributed by atoms with Crippen LogP contribution in [0, 0.1) is 0 Å². The van der Waals surface area contributed by atoms with E-state index in [1.54, 1.807) is 18.2 Å². The Hall–Kier alpha value is -4.85. The first-order chi connectivity index (χ1) is 18.1. The van der Waals surface area contributed by atoms with Gasteiger partial charge in [0.15, 0.2) is 11.5 Å². The van der Waals surface area contributed by atoms with Gasteiger partial charge in [0.2, 0.25) is 6.79 Å². The van der Waals surface area contributed by atoms with Crippen molar-refractivity contribution in [2.24, 2.45) is 0 Å². The SMILES string of the molecule is O=C(NCc1ccc2c(c1)OCO2)c1ccc2[nH]c(=O)n(CCc3cccc4ccccc34)c(=O)c2c1. The zero-order valence-electron chi connectivity index (χ0n) is 19.8. The number of nitrogens with zero attached hydrogens (tertiary/aromatic N) is 1. The van der Waals surface area contributed by atoms with Crippen LogP contribution in [0.2, 0.25) is 0 Å². The summed E-state index contributed by atoms with van der Waals surface area (Å²) in [5, 5.41) is 5.35. The van der Waals surface area contributed by atoms with Crippen molar-refractivity contribution in [1.29, 1.82) is 0 Å². The van der Waals surface area contributed by atoms with Crippen molar-refractivity contribution < 1.29 is 14.3 Å². The molecule has 6 rings (SSSR count). The molecule has 0 unspecified atom stereocenters. The zero-order valence-corrected chi connectivity index (χ0v) is 19.8. The fourth-order valence-corrected chi connectivity index (χ4v) is 4.67. The van der Waals surface area contributed by atoms with E-state index >= 15 is 0 Å². The molecule has 37 heavy (non-hydrogen) atoms. The molecule has 1 aliphatic rings. The molecule has 0 saturated heterocycles. The first-order valence-electron chi connectivity index (χ1n) is 12.0. The number of amides is 1. The van der Waals surface area contributed by atoms with Crippen LogP contribution in [0.4, 0.5) is 0 Å². The fraction of sp³-hybridized carbons (Fsp3) is 0.138. The van der Waals surface area contributed by atoms with Crippen LogP contribution in [-0.2, 0) is 19.5 Å². The molecule has 0 fully saturated rings. The average molecular weight is 494 g/mol. The third kappa shape index (κ3) is 4.33. The summed E-state index contributed by atoms with van der Waals surface area (Å²) in [5.74, 6) is 0.994. The molecule has 184 valence electrons. The summed E-state index contributed by atoms with van der Waals surface area (Å²) in [4.78, 5) is 41.6. The van der Waals surface area contributed by atoms with Gasteiger partial charge in [-0.25, -0.2) is 4.79 Å². The number of rotatable bonds is 6. The monoisotopic (exact) mass is 493 g/mol. The number of H-pyrrole nitrogens is 1. The van der Waals surface area contributed by atoms with Crippen molar-refractivity contribution >= 4 is 27.6 Å². The van der Waals surface area contributed by atoms with Gasteiger partial charge in [0.05, 0.1) is 10.9 Å². The quantitative estimate of drug-likeness (QED) is 0.375. The Morgan fingerprint density at radius 3 is 2.65 bits per heavy atom. The second-order valence-electron chi connectivity index (χ2n) is 8.91. The highest BCUT2D eigenvalue weighted by Gasteiger charge is 2.15. The molecule has 0 aliphatic carbocycles. The van der Waals surface area contributed by atoms with Gasteiger partial charge in [0.1, 0.15) is 0 Å². The number of aromatic amines is 1. The molecule has 5 aromatic rings. The molecular weight excluding hydrogens is 470 g/mol. The first-order valence-corrected chi connectivity index (χ1v) is 12.0. The summed E-state index contributed by atoms with van der Waals surface area (Å²) in [5.41, 5.74) is 1.74. The molecule has 2 heterocycles. The Labute approximate surface area is 211 Å². The molecule has 0 spiro atoms. The molecule has 4 aromatic carbocycles. The lowest BCUT2D eigenvalue weighted by atomic mass is 10.0. The predicted octanol–water partition coefficient (Wildman–Crippen LogP) is 3.74. The van der Waals surface area contributed by atoms with E-state index < -0.39 is 11.2 Å². The highest BCUT2D eigenvalue weighted by atomic mass is 16.7. The van der Waals surface area contributed by atoms with Gasteiger partial charge in [0.25, 0.3) is 11.5 Å². The minimum atomic E-state index is -0.474. The van der Waals surface area contributed by atoms with Gasteiger partial charge < -0.3 is 19.8 Å². The third-order valence-corrected chi connectivity index (χ3v) is 6.62. The molecule has 1 amide bonds.